The van der Waals surface area contributed by atoms with Crippen molar-refractivity contribution in [3.05, 3.63) is 70.2 Å². The summed E-state index contributed by atoms with van der Waals surface area (Å²) in [5.74, 6) is 6.23. The second-order valence-electron chi connectivity index (χ2n) is 4.97. The van der Waals surface area contributed by atoms with Crippen LogP contribution in [-0.2, 0) is 0 Å². The van der Waals surface area contributed by atoms with Gasteiger partial charge in [-0.15, -0.1) is 0 Å². The van der Waals surface area contributed by atoms with Crippen LogP contribution in [0.3, 0.4) is 0 Å². The van der Waals surface area contributed by atoms with E-state index in [1.165, 1.54) is 5.56 Å². The summed E-state index contributed by atoms with van der Waals surface area (Å²) in [4.78, 5) is 0. The summed E-state index contributed by atoms with van der Waals surface area (Å²) in [6, 6.07) is 16.3. The number of hydrogen-bond acceptors (Lipinski definition) is 2. The van der Waals surface area contributed by atoms with E-state index in [0.717, 1.165) is 16.1 Å². The minimum atomic E-state index is -0.0153. The smallest absolute Gasteiger partial charge is 0.0710 e. The lowest BCUT2D eigenvalue weighted by atomic mass is 9.96. The highest BCUT2D eigenvalue weighted by molar-refractivity contribution is 6.30. The Hall–Kier alpha value is -1.35. The fourth-order valence-corrected chi connectivity index (χ4v) is 2.24. The van der Waals surface area contributed by atoms with E-state index in [2.05, 4.69) is 43.5 Å². The van der Waals surface area contributed by atoms with Crippen LogP contribution in [0.1, 0.15) is 42.5 Å². The molecule has 100 valence electrons. The van der Waals surface area contributed by atoms with Gasteiger partial charge in [0.25, 0.3) is 0 Å². The standard InChI is InChI=1S/C16H19ClN2/c1-11(2)12-3-5-13(6-4-12)16(19-18)14-7-9-15(17)10-8-14/h3-11,16,19H,18H2,1-2H3. The van der Waals surface area contributed by atoms with E-state index in [0.29, 0.717) is 5.92 Å². The summed E-state index contributed by atoms with van der Waals surface area (Å²) < 4.78 is 0. The first-order valence-electron chi connectivity index (χ1n) is 6.43. The third-order valence-electron chi connectivity index (χ3n) is 3.31. The summed E-state index contributed by atoms with van der Waals surface area (Å²) in [6.07, 6.45) is 0. The van der Waals surface area contributed by atoms with Gasteiger partial charge in [-0.2, -0.15) is 0 Å². The molecule has 2 aromatic rings. The van der Waals surface area contributed by atoms with Gasteiger partial charge >= 0.3 is 0 Å². The predicted molar refractivity (Wildman–Crippen MR) is 81.1 cm³/mol. The van der Waals surface area contributed by atoms with Gasteiger partial charge in [-0.3, -0.25) is 5.84 Å². The van der Waals surface area contributed by atoms with E-state index < -0.39 is 0 Å². The van der Waals surface area contributed by atoms with E-state index >= 15 is 0 Å². The zero-order valence-corrected chi connectivity index (χ0v) is 12.0. The molecule has 0 aliphatic heterocycles. The molecule has 1 unspecified atom stereocenters. The van der Waals surface area contributed by atoms with E-state index in [4.69, 9.17) is 17.4 Å². The maximum absolute atomic E-state index is 5.91. The van der Waals surface area contributed by atoms with Crippen molar-refractivity contribution in [1.29, 1.82) is 0 Å². The molecule has 0 amide bonds. The Morgan fingerprint density at radius 3 is 1.68 bits per heavy atom. The van der Waals surface area contributed by atoms with Crippen molar-refractivity contribution in [2.45, 2.75) is 25.8 Å². The second-order valence-corrected chi connectivity index (χ2v) is 5.41. The van der Waals surface area contributed by atoms with Gasteiger partial charge in [0.2, 0.25) is 0 Å². The average molecular weight is 275 g/mol. The maximum Gasteiger partial charge on any atom is 0.0710 e. The van der Waals surface area contributed by atoms with Crippen LogP contribution >= 0.6 is 11.6 Å². The number of hydrogen-bond donors (Lipinski definition) is 2. The van der Waals surface area contributed by atoms with Crippen LogP contribution in [0, 0.1) is 0 Å². The Labute approximate surface area is 119 Å². The summed E-state index contributed by atoms with van der Waals surface area (Å²) >= 11 is 5.91. The number of nitrogens with two attached hydrogens (primary N) is 1. The van der Waals surface area contributed by atoms with Gasteiger partial charge in [0.05, 0.1) is 6.04 Å². The number of benzene rings is 2. The van der Waals surface area contributed by atoms with Gasteiger partial charge in [0.1, 0.15) is 0 Å². The highest BCUT2D eigenvalue weighted by Gasteiger charge is 2.12. The molecule has 0 heterocycles. The van der Waals surface area contributed by atoms with Gasteiger partial charge in [0, 0.05) is 5.02 Å². The van der Waals surface area contributed by atoms with Gasteiger partial charge in [0.15, 0.2) is 0 Å². The first-order valence-corrected chi connectivity index (χ1v) is 6.81. The molecule has 0 aromatic heterocycles. The molecule has 0 aliphatic rings. The molecule has 0 aliphatic carbocycles. The molecule has 2 nitrogen and oxygen atoms in total. The maximum atomic E-state index is 5.91. The average Bonchev–Trinajstić information content (AvgIpc) is 2.42. The molecular weight excluding hydrogens is 256 g/mol. The SMILES string of the molecule is CC(C)c1ccc(C(NN)c2ccc(Cl)cc2)cc1. The van der Waals surface area contributed by atoms with Gasteiger partial charge < -0.3 is 0 Å². The van der Waals surface area contributed by atoms with Crippen LogP contribution in [0.5, 0.6) is 0 Å². The normalized spacial score (nSPS) is 12.7. The molecule has 2 rings (SSSR count). The lowest BCUT2D eigenvalue weighted by Gasteiger charge is -2.18. The number of halogens is 1. The Morgan fingerprint density at radius 1 is 0.842 bits per heavy atom. The van der Waals surface area contributed by atoms with Crippen molar-refractivity contribution in [3.8, 4) is 0 Å². The molecule has 2 aromatic carbocycles. The molecule has 0 spiro atoms. The first kappa shape index (κ1) is 14.1. The lowest BCUT2D eigenvalue weighted by molar-refractivity contribution is 0.636. The molecule has 1 atom stereocenters. The lowest BCUT2D eigenvalue weighted by Crippen LogP contribution is -2.28. The van der Waals surface area contributed by atoms with Crippen molar-refractivity contribution < 1.29 is 0 Å². The second kappa shape index (κ2) is 6.20. The van der Waals surface area contributed by atoms with Gasteiger partial charge in [-0.25, -0.2) is 5.43 Å². The molecule has 19 heavy (non-hydrogen) atoms. The van der Waals surface area contributed by atoms with Crippen LogP contribution < -0.4 is 11.3 Å². The Morgan fingerprint density at radius 2 is 1.26 bits per heavy atom. The molecule has 3 N–H and O–H groups in total. The topological polar surface area (TPSA) is 38.0 Å². The van der Waals surface area contributed by atoms with Gasteiger partial charge in [-0.05, 0) is 34.7 Å². The summed E-state index contributed by atoms with van der Waals surface area (Å²) in [6.45, 7) is 4.37. The van der Waals surface area contributed by atoms with Crippen molar-refractivity contribution in [1.82, 2.24) is 5.43 Å². The van der Waals surface area contributed by atoms with Crippen LogP contribution in [0.25, 0.3) is 0 Å². The number of nitrogens with one attached hydrogen (secondary N) is 1. The molecule has 3 heteroatoms. The summed E-state index contributed by atoms with van der Waals surface area (Å²) in [7, 11) is 0. The monoisotopic (exact) mass is 274 g/mol. The first-order chi connectivity index (χ1) is 9.11. The van der Waals surface area contributed by atoms with Crippen molar-refractivity contribution in [3.63, 3.8) is 0 Å². The van der Waals surface area contributed by atoms with Crippen LogP contribution in [0.4, 0.5) is 0 Å². The van der Waals surface area contributed by atoms with Crippen molar-refractivity contribution in [2.24, 2.45) is 5.84 Å². The summed E-state index contributed by atoms with van der Waals surface area (Å²) in [5, 5.41) is 0.731. The van der Waals surface area contributed by atoms with Crippen molar-refractivity contribution in [2.75, 3.05) is 0 Å². The number of hydrazine groups is 1. The molecule has 0 bridgehead atoms. The van der Waals surface area contributed by atoms with E-state index in [1.54, 1.807) is 0 Å². The summed E-state index contributed by atoms with van der Waals surface area (Å²) in [5.41, 5.74) is 6.44. The Bertz CT molecular complexity index is 517. The van der Waals surface area contributed by atoms with Crippen LogP contribution in [-0.4, -0.2) is 0 Å². The minimum Gasteiger partial charge on any atom is -0.271 e. The minimum absolute atomic E-state index is 0.0153. The fraction of sp³-hybridized carbons (Fsp3) is 0.250. The molecule has 0 saturated carbocycles. The molecular formula is C16H19ClN2. The number of rotatable bonds is 4. The zero-order chi connectivity index (χ0) is 13.8. The van der Waals surface area contributed by atoms with E-state index in [9.17, 15) is 0 Å². The zero-order valence-electron chi connectivity index (χ0n) is 11.2. The van der Waals surface area contributed by atoms with E-state index in [-0.39, 0.29) is 6.04 Å². The van der Waals surface area contributed by atoms with Gasteiger partial charge in [-0.1, -0.05) is 61.8 Å². The molecule has 0 radical (unpaired) electrons. The quantitative estimate of drug-likeness (QED) is 0.653. The highest BCUT2D eigenvalue weighted by atomic mass is 35.5. The van der Waals surface area contributed by atoms with Crippen LogP contribution in [0.2, 0.25) is 5.02 Å². The predicted octanol–water partition coefficient (Wildman–Crippen LogP) is 4.02. The fourth-order valence-electron chi connectivity index (χ4n) is 2.11. The van der Waals surface area contributed by atoms with Crippen molar-refractivity contribution >= 4 is 11.6 Å². The third-order valence-corrected chi connectivity index (χ3v) is 3.56. The van der Waals surface area contributed by atoms with E-state index in [1.807, 2.05) is 24.3 Å². The van der Waals surface area contributed by atoms with Crippen LogP contribution in [0.15, 0.2) is 48.5 Å². The third kappa shape index (κ3) is 3.35. The highest BCUT2D eigenvalue weighted by Crippen LogP contribution is 2.24. The largest absolute Gasteiger partial charge is 0.271 e. The Balaban J connectivity index is 2.28. The molecule has 0 saturated heterocycles. The molecule has 0 fully saturated rings. The Kier molecular flexibility index (Phi) is 4.59.